The highest BCUT2D eigenvalue weighted by atomic mass is 79.9. The van der Waals surface area contributed by atoms with E-state index >= 15 is 0 Å². The van der Waals surface area contributed by atoms with Crippen LogP contribution in [-0.4, -0.2) is 22.5 Å². The van der Waals surface area contributed by atoms with Crippen molar-refractivity contribution in [2.45, 2.75) is 50.5 Å². The number of carboxylic acids is 1. The number of hydrogen-bond acceptors (Lipinski definition) is 2. The van der Waals surface area contributed by atoms with Gasteiger partial charge in [-0.3, -0.25) is 4.79 Å². The maximum absolute atomic E-state index is 12.1. The molecule has 0 spiro atoms. The molecule has 1 saturated carbocycles. The maximum Gasteiger partial charge on any atom is 0.329 e. The molecule has 0 unspecified atom stereocenters. The molecule has 0 bridgehead atoms. The maximum atomic E-state index is 12.1. The smallest absolute Gasteiger partial charge is 0.329 e. The molecule has 1 aliphatic carbocycles. The standard InChI is InChI=1S/C16H20BrNO3/c17-13-7-3-2-6-12(13)8-9-14(19)18-16(15(20)21)10-4-1-5-11-16/h2-3,6-7H,1,4-5,8-11H2,(H,18,19)(H,20,21). The molecule has 114 valence electrons. The topological polar surface area (TPSA) is 66.4 Å². The fourth-order valence-electron chi connectivity index (χ4n) is 2.83. The van der Waals surface area contributed by atoms with Crippen LogP contribution < -0.4 is 5.32 Å². The van der Waals surface area contributed by atoms with Crippen LogP contribution in [0.4, 0.5) is 0 Å². The molecular formula is C16H20BrNO3. The minimum atomic E-state index is -1.05. The number of carboxylic acid groups (broad SMARTS) is 1. The van der Waals surface area contributed by atoms with Gasteiger partial charge in [0, 0.05) is 10.9 Å². The summed E-state index contributed by atoms with van der Waals surface area (Å²) in [6.45, 7) is 0. The van der Waals surface area contributed by atoms with Crippen LogP contribution in [-0.2, 0) is 16.0 Å². The average Bonchev–Trinajstić information content (AvgIpc) is 2.47. The predicted octanol–water partition coefficient (Wildman–Crippen LogP) is 3.29. The minimum absolute atomic E-state index is 0.185. The molecule has 1 aromatic carbocycles. The van der Waals surface area contributed by atoms with Crippen LogP contribution in [0.2, 0.25) is 0 Å². The third kappa shape index (κ3) is 4.06. The molecule has 1 fully saturated rings. The fraction of sp³-hybridized carbons (Fsp3) is 0.500. The molecule has 0 heterocycles. The van der Waals surface area contributed by atoms with Crippen LogP contribution in [0, 0.1) is 0 Å². The Bertz CT molecular complexity index is 524. The molecule has 0 aromatic heterocycles. The SMILES string of the molecule is O=C(CCc1ccccc1Br)NC1(C(=O)O)CCCCC1. The Morgan fingerprint density at radius 3 is 2.48 bits per heavy atom. The Kier molecular flexibility index (Phi) is 5.39. The Morgan fingerprint density at radius 2 is 1.86 bits per heavy atom. The van der Waals surface area contributed by atoms with E-state index in [2.05, 4.69) is 21.2 Å². The molecule has 1 aliphatic rings. The van der Waals surface area contributed by atoms with Gasteiger partial charge < -0.3 is 10.4 Å². The van der Waals surface area contributed by atoms with Crippen LogP contribution >= 0.6 is 15.9 Å². The summed E-state index contributed by atoms with van der Waals surface area (Å²) < 4.78 is 0.975. The van der Waals surface area contributed by atoms with E-state index in [0.717, 1.165) is 29.3 Å². The minimum Gasteiger partial charge on any atom is -0.480 e. The second-order valence-corrected chi connectivity index (χ2v) is 6.44. The van der Waals surface area contributed by atoms with Gasteiger partial charge in [-0.1, -0.05) is 53.4 Å². The average molecular weight is 354 g/mol. The van der Waals surface area contributed by atoms with E-state index in [4.69, 9.17) is 0 Å². The van der Waals surface area contributed by atoms with Gasteiger partial charge in [0.15, 0.2) is 0 Å². The number of aryl methyl sites for hydroxylation is 1. The van der Waals surface area contributed by atoms with Crippen LogP contribution in [0.25, 0.3) is 0 Å². The summed E-state index contributed by atoms with van der Waals surface area (Å²) >= 11 is 3.45. The summed E-state index contributed by atoms with van der Waals surface area (Å²) in [7, 11) is 0. The zero-order valence-corrected chi connectivity index (χ0v) is 13.5. The monoisotopic (exact) mass is 353 g/mol. The number of halogens is 1. The van der Waals surface area contributed by atoms with E-state index < -0.39 is 11.5 Å². The van der Waals surface area contributed by atoms with Crippen molar-refractivity contribution in [1.82, 2.24) is 5.32 Å². The Balaban J connectivity index is 1.94. The van der Waals surface area contributed by atoms with Crippen molar-refractivity contribution in [3.8, 4) is 0 Å². The lowest BCUT2D eigenvalue weighted by Gasteiger charge is -2.34. The van der Waals surface area contributed by atoms with E-state index in [-0.39, 0.29) is 5.91 Å². The first kappa shape index (κ1) is 16.0. The van der Waals surface area contributed by atoms with Crippen molar-refractivity contribution < 1.29 is 14.7 Å². The molecular weight excluding hydrogens is 334 g/mol. The highest BCUT2D eigenvalue weighted by molar-refractivity contribution is 9.10. The molecule has 1 amide bonds. The second-order valence-electron chi connectivity index (χ2n) is 5.59. The second kappa shape index (κ2) is 7.07. The predicted molar refractivity (Wildman–Crippen MR) is 84.1 cm³/mol. The van der Waals surface area contributed by atoms with Gasteiger partial charge in [0.2, 0.25) is 5.91 Å². The number of carbonyl (C=O) groups is 2. The van der Waals surface area contributed by atoms with Gasteiger partial charge >= 0.3 is 5.97 Å². The third-order valence-electron chi connectivity index (χ3n) is 4.07. The Hall–Kier alpha value is -1.36. The van der Waals surface area contributed by atoms with Crippen molar-refractivity contribution in [1.29, 1.82) is 0 Å². The van der Waals surface area contributed by atoms with Crippen molar-refractivity contribution in [3.63, 3.8) is 0 Å². The van der Waals surface area contributed by atoms with E-state index in [1.54, 1.807) is 0 Å². The van der Waals surface area contributed by atoms with Crippen molar-refractivity contribution in [2.75, 3.05) is 0 Å². The largest absolute Gasteiger partial charge is 0.480 e. The van der Waals surface area contributed by atoms with Gasteiger partial charge in [-0.25, -0.2) is 4.79 Å². The number of benzene rings is 1. The lowest BCUT2D eigenvalue weighted by atomic mass is 9.81. The summed E-state index contributed by atoms with van der Waals surface area (Å²) in [6, 6.07) is 7.75. The van der Waals surface area contributed by atoms with Crippen LogP contribution in [0.1, 0.15) is 44.1 Å². The van der Waals surface area contributed by atoms with Gasteiger partial charge in [0.25, 0.3) is 0 Å². The number of amides is 1. The van der Waals surface area contributed by atoms with Crippen molar-refractivity contribution in [3.05, 3.63) is 34.3 Å². The molecule has 4 nitrogen and oxygen atoms in total. The van der Waals surface area contributed by atoms with Gasteiger partial charge in [-0.05, 0) is 30.9 Å². The summed E-state index contributed by atoms with van der Waals surface area (Å²) in [6.07, 6.45) is 4.72. The van der Waals surface area contributed by atoms with E-state index in [1.807, 2.05) is 24.3 Å². The highest BCUT2D eigenvalue weighted by Crippen LogP contribution is 2.28. The summed E-state index contributed by atoms with van der Waals surface area (Å²) in [5.74, 6) is -1.09. The molecule has 0 aliphatic heterocycles. The third-order valence-corrected chi connectivity index (χ3v) is 4.85. The highest BCUT2D eigenvalue weighted by Gasteiger charge is 2.40. The first-order valence-electron chi connectivity index (χ1n) is 7.31. The first-order valence-corrected chi connectivity index (χ1v) is 8.11. The van der Waals surface area contributed by atoms with Crippen LogP contribution in [0.3, 0.4) is 0 Å². The van der Waals surface area contributed by atoms with Gasteiger partial charge in [-0.15, -0.1) is 0 Å². The molecule has 0 radical (unpaired) electrons. The summed E-state index contributed by atoms with van der Waals surface area (Å²) in [4.78, 5) is 23.6. The van der Waals surface area contributed by atoms with Gasteiger partial charge in [0.05, 0.1) is 0 Å². The molecule has 2 N–H and O–H groups in total. The number of hydrogen-bond donors (Lipinski definition) is 2. The number of rotatable bonds is 5. The van der Waals surface area contributed by atoms with Gasteiger partial charge in [-0.2, -0.15) is 0 Å². The van der Waals surface area contributed by atoms with E-state index in [0.29, 0.717) is 25.7 Å². The quantitative estimate of drug-likeness (QED) is 0.853. The van der Waals surface area contributed by atoms with Crippen molar-refractivity contribution in [2.24, 2.45) is 0 Å². The van der Waals surface area contributed by atoms with E-state index in [9.17, 15) is 14.7 Å². The zero-order chi connectivity index (χ0) is 15.3. The Labute approximate surface area is 133 Å². The molecule has 21 heavy (non-hydrogen) atoms. The summed E-state index contributed by atoms with van der Waals surface area (Å²) in [5.41, 5.74) is 0.00385. The normalized spacial score (nSPS) is 17.2. The first-order chi connectivity index (χ1) is 10.0. The Morgan fingerprint density at radius 1 is 1.19 bits per heavy atom. The molecule has 2 rings (SSSR count). The lowest BCUT2D eigenvalue weighted by Crippen LogP contribution is -2.55. The van der Waals surface area contributed by atoms with Gasteiger partial charge in [0.1, 0.15) is 5.54 Å². The molecule has 1 aromatic rings. The van der Waals surface area contributed by atoms with E-state index in [1.165, 1.54) is 0 Å². The van der Waals surface area contributed by atoms with Crippen molar-refractivity contribution >= 4 is 27.8 Å². The molecule has 5 heteroatoms. The molecule has 0 atom stereocenters. The number of aliphatic carboxylic acids is 1. The number of carbonyl (C=O) groups excluding carboxylic acids is 1. The van der Waals surface area contributed by atoms with Crippen LogP contribution in [0.15, 0.2) is 28.7 Å². The lowest BCUT2D eigenvalue weighted by molar-refractivity contribution is -0.149. The zero-order valence-electron chi connectivity index (χ0n) is 11.9. The summed E-state index contributed by atoms with van der Waals surface area (Å²) in [5, 5.41) is 12.2. The fourth-order valence-corrected chi connectivity index (χ4v) is 3.31. The number of nitrogens with one attached hydrogen (secondary N) is 1. The molecule has 0 saturated heterocycles. The van der Waals surface area contributed by atoms with Crippen LogP contribution in [0.5, 0.6) is 0 Å².